The van der Waals surface area contributed by atoms with Gasteiger partial charge >= 0.3 is 0 Å². The molecular formula is C20H21ClN2O4. The number of furan rings is 1. The number of hydrogen-bond donors (Lipinski definition) is 0. The fraction of sp³-hybridized carbons (Fsp3) is 0.300. The number of aryl methyl sites for hydroxylation is 2. The lowest BCUT2D eigenvalue weighted by Crippen LogP contribution is -1.98. The van der Waals surface area contributed by atoms with E-state index in [-0.39, 0.29) is 5.89 Å². The van der Waals surface area contributed by atoms with Gasteiger partial charge in [-0.2, -0.15) is 0 Å². The highest BCUT2D eigenvalue weighted by Gasteiger charge is 2.16. The summed E-state index contributed by atoms with van der Waals surface area (Å²) >= 11 is 6.39. The van der Waals surface area contributed by atoms with Crippen molar-refractivity contribution in [2.75, 3.05) is 13.7 Å². The zero-order chi connectivity index (χ0) is 19.4. The van der Waals surface area contributed by atoms with Crippen LogP contribution in [0.15, 0.2) is 33.1 Å². The Morgan fingerprint density at radius 2 is 1.96 bits per heavy atom. The predicted octanol–water partition coefficient (Wildman–Crippen LogP) is 5.48. The van der Waals surface area contributed by atoms with Crippen LogP contribution in [0.3, 0.4) is 0 Å². The van der Waals surface area contributed by atoms with Crippen LogP contribution in [0.25, 0.3) is 22.6 Å². The Kier molecular flexibility index (Phi) is 5.86. The van der Waals surface area contributed by atoms with Crippen LogP contribution < -0.4 is 9.47 Å². The number of aromatic nitrogens is 2. The minimum absolute atomic E-state index is 0.233. The van der Waals surface area contributed by atoms with E-state index in [1.165, 1.54) is 0 Å². The molecule has 0 saturated heterocycles. The standard InChI is InChI=1S/C20H21ClN2O4/c1-5-8-25-18-11-14(6-7-17(18)24-4)10-16(21)20-23-22-19(27-20)15-9-12(2)26-13(15)3/h6-7,9-11H,5,8H2,1-4H3/b16-10-. The van der Waals surface area contributed by atoms with E-state index >= 15 is 0 Å². The van der Waals surface area contributed by atoms with Gasteiger partial charge in [0.25, 0.3) is 11.8 Å². The van der Waals surface area contributed by atoms with Crippen LogP contribution in [0.5, 0.6) is 11.5 Å². The van der Waals surface area contributed by atoms with Crippen LogP contribution in [0.2, 0.25) is 0 Å². The average Bonchev–Trinajstić information content (AvgIpc) is 3.26. The second kappa shape index (κ2) is 8.31. The molecule has 2 heterocycles. The van der Waals surface area contributed by atoms with Gasteiger partial charge in [0.15, 0.2) is 11.5 Å². The van der Waals surface area contributed by atoms with Gasteiger partial charge in [-0.1, -0.05) is 24.6 Å². The fourth-order valence-corrected chi connectivity index (χ4v) is 2.79. The van der Waals surface area contributed by atoms with Crippen molar-refractivity contribution >= 4 is 22.7 Å². The number of hydrogen-bond acceptors (Lipinski definition) is 6. The first-order chi connectivity index (χ1) is 13.0. The van der Waals surface area contributed by atoms with Crippen LogP contribution in [0.4, 0.5) is 0 Å². The normalized spacial score (nSPS) is 11.7. The molecule has 0 aliphatic rings. The van der Waals surface area contributed by atoms with Crippen molar-refractivity contribution in [1.29, 1.82) is 0 Å². The monoisotopic (exact) mass is 388 g/mol. The highest BCUT2D eigenvalue weighted by atomic mass is 35.5. The molecule has 0 radical (unpaired) electrons. The Hall–Kier alpha value is -2.73. The molecule has 0 unspecified atom stereocenters. The van der Waals surface area contributed by atoms with Gasteiger partial charge in [-0.25, -0.2) is 0 Å². The Balaban J connectivity index is 1.86. The Morgan fingerprint density at radius 1 is 1.15 bits per heavy atom. The van der Waals surface area contributed by atoms with E-state index in [2.05, 4.69) is 10.2 Å². The van der Waals surface area contributed by atoms with Gasteiger partial charge in [0.05, 0.1) is 19.3 Å². The van der Waals surface area contributed by atoms with Crippen molar-refractivity contribution < 1.29 is 18.3 Å². The predicted molar refractivity (Wildman–Crippen MR) is 104 cm³/mol. The summed E-state index contributed by atoms with van der Waals surface area (Å²) < 4.78 is 22.2. The molecule has 0 saturated carbocycles. The summed E-state index contributed by atoms with van der Waals surface area (Å²) in [7, 11) is 1.61. The summed E-state index contributed by atoms with van der Waals surface area (Å²) in [6.07, 6.45) is 2.65. The van der Waals surface area contributed by atoms with E-state index in [4.69, 9.17) is 29.9 Å². The first-order valence-electron chi connectivity index (χ1n) is 8.61. The second-order valence-corrected chi connectivity index (χ2v) is 6.40. The van der Waals surface area contributed by atoms with E-state index in [0.29, 0.717) is 29.0 Å². The largest absolute Gasteiger partial charge is 0.493 e. The highest BCUT2D eigenvalue weighted by Crippen LogP contribution is 2.32. The van der Waals surface area contributed by atoms with Crippen molar-refractivity contribution in [3.8, 4) is 23.0 Å². The third-order valence-corrected chi connectivity index (χ3v) is 4.11. The molecule has 2 aromatic heterocycles. The molecule has 0 spiro atoms. The smallest absolute Gasteiger partial charge is 0.259 e. The van der Waals surface area contributed by atoms with E-state index in [9.17, 15) is 0 Å². The Morgan fingerprint density at radius 3 is 2.63 bits per heavy atom. The maximum atomic E-state index is 6.39. The van der Waals surface area contributed by atoms with Gasteiger partial charge in [-0.3, -0.25) is 0 Å². The van der Waals surface area contributed by atoms with Crippen molar-refractivity contribution in [3.05, 3.63) is 47.2 Å². The third kappa shape index (κ3) is 4.34. The van der Waals surface area contributed by atoms with Gasteiger partial charge < -0.3 is 18.3 Å². The number of ether oxygens (including phenoxy) is 2. The highest BCUT2D eigenvalue weighted by molar-refractivity contribution is 6.50. The molecule has 0 bridgehead atoms. The molecule has 3 rings (SSSR count). The van der Waals surface area contributed by atoms with Crippen LogP contribution in [-0.2, 0) is 0 Å². The van der Waals surface area contributed by atoms with Crippen molar-refractivity contribution in [2.45, 2.75) is 27.2 Å². The zero-order valence-electron chi connectivity index (χ0n) is 15.7. The SMILES string of the molecule is CCCOc1cc(/C=C(\Cl)c2nnc(-c3cc(C)oc3C)o2)ccc1OC. The molecule has 7 heteroatoms. The molecule has 0 N–H and O–H groups in total. The van der Waals surface area contributed by atoms with Crippen LogP contribution >= 0.6 is 11.6 Å². The van der Waals surface area contributed by atoms with E-state index in [1.54, 1.807) is 13.2 Å². The number of benzene rings is 1. The molecule has 0 amide bonds. The Bertz CT molecular complexity index is 959. The maximum absolute atomic E-state index is 6.39. The minimum Gasteiger partial charge on any atom is -0.493 e. The quantitative estimate of drug-likeness (QED) is 0.533. The number of methoxy groups -OCH3 is 1. The van der Waals surface area contributed by atoms with Gasteiger partial charge in [-0.05, 0) is 50.1 Å². The molecule has 27 heavy (non-hydrogen) atoms. The molecular weight excluding hydrogens is 368 g/mol. The lowest BCUT2D eigenvalue weighted by atomic mass is 10.2. The molecule has 0 atom stereocenters. The topological polar surface area (TPSA) is 70.5 Å². The first kappa shape index (κ1) is 19.0. The van der Waals surface area contributed by atoms with Crippen LogP contribution in [-0.4, -0.2) is 23.9 Å². The van der Waals surface area contributed by atoms with Crippen molar-refractivity contribution in [3.63, 3.8) is 0 Å². The number of rotatable bonds is 7. The summed E-state index contributed by atoms with van der Waals surface area (Å²) in [5, 5.41) is 8.42. The lowest BCUT2D eigenvalue weighted by Gasteiger charge is -2.10. The molecule has 0 aliphatic heterocycles. The maximum Gasteiger partial charge on any atom is 0.259 e. The third-order valence-electron chi connectivity index (χ3n) is 3.84. The minimum atomic E-state index is 0.233. The molecule has 142 valence electrons. The zero-order valence-corrected chi connectivity index (χ0v) is 16.5. The van der Waals surface area contributed by atoms with Gasteiger partial charge in [0.2, 0.25) is 0 Å². The first-order valence-corrected chi connectivity index (χ1v) is 8.99. The summed E-state index contributed by atoms with van der Waals surface area (Å²) in [6.45, 7) is 6.36. The summed E-state index contributed by atoms with van der Waals surface area (Å²) in [6, 6.07) is 7.42. The van der Waals surface area contributed by atoms with Crippen molar-refractivity contribution in [1.82, 2.24) is 10.2 Å². The molecule has 6 nitrogen and oxygen atoms in total. The van der Waals surface area contributed by atoms with Crippen molar-refractivity contribution in [2.24, 2.45) is 0 Å². The van der Waals surface area contributed by atoms with Crippen LogP contribution in [0, 0.1) is 13.8 Å². The summed E-state index contributed by atoms with van der Waals surface area (Å²) in [4.78, 5) is 0. The fourth-order valence-electron chi connectivity index (χ4n) is 2.59. The van der Waals surface area contributed by atoms with E-state index in [1.807, 2.05) is 45.0 Å². The van der Waals surface area contributed by atoms with Gasteiger partial charge in [-0.15, -0.1) is 10.2 Å². The number of nitrogens with zero attached hydrogens (tertiary/aromatic N) is 2. The average molecular weight is 389 g/mol. The summed E-state index contributed by atoms with van der Waals surface area (Å²) in [5.41, 5.74) is 1.59. The van der Waals surface area contributed by atoms with Crippen LogP contribution in [0.1, 0.15) is 36.3 Å². The molecule has 0 fully saturated rings. The van der Waals surface area contributed by atoms with Gasteiger partial charge in [0.1, 0.15) is 16.6 Å². The summed E-state index contributed by atoms with van der Waals surface area (Å²) in [5.74, 6) is 3.43. The second-order valence-electron chi connectivity index (χ2n) is 5.99. The molecule has 3 aromatic rings. The Labute approximate surface area is 162 Å². The molecule has 0 aliphatic carbocycles. The molecule has 1 aromatic carbocycles. The van der Waals surface area contributed by atoms with E-state index < -0.39 is 0 Å². The van der Waals surface area contributed by atoms with Gasteiger partial charge in [0, 0.05) is 0 Å². The van der Waals surface area contributed by atoms with E-state index in [0.717, 1.165) is 29.1 Å². The number of halogens is 1. The lowest BCUT2D eigenvalue weighted by molar-refractivity contribution is 0.294.